The van der Waals surface area contributed by atoms with Gasteiger partial charge in [-0.15, -0.1) is 0 Å². The third-order valence-electron chi connectivity index (χ3n) is 9.90. The molecule has 4 unspecified atom stereocenters. The predicted molar refractivity (Wildman–Crippen MR) is 198 cm³/mol. The second-order valence-electron chi connectivity index (χ2n) is 13.0. The summed E-state index contributed by atoms with van der Waals surface area (Å²) in [6.45, 7) is 18.1. The van der Waals surface area contributed by atoms with Crippen LogP contribution in [0.1, 0.15) is 127 Å². The van der Waals surface area contributed by atoms with Crippen molar-refractivity contribution in [3.05, 3.63) is 113 Å². The quantitative estimate of drug-likeness (QED) is 0.114. The van der Waals surface area contributed by atoms with Gasteiger partial charge in [-0.1, -0.05) is 110 Å². The minimum absolute atomic E-state index is 0.316. The van der Waals surface area contributed by atoms with Crippen LogP contribution in [0.3, 0.4) is 0 Å². The number of hydrogen-bond donors (Lipinski definition) is 0. The van der Waals surface area contributed by atoms with Gasteiger partial charge < -0.3 is 13.6 Å². The Labute approximate surface area is 278 Å². The fourth-order valence-corrected chi connectivity index (χ4v) is 6.91. The summed E-state index contributed by atoms with van der Waals surface area (Å²) in [5.41, 5.74) is 5.12. The highest BCUT2D eigenvalue weighted by molar-refractivity contribution is 7.43. The molecule has 0 heterocycles. The summed E-state index contributed by atoms with van der Waals surface area (Å²) in [6.07, 6.45) is 4.26. The first-order valence-corrected chi connectivity index (χ1v) is 18.4. The SMILES string of the molecule is CCC(C)c1ccc2cc(OP(Oc3ccccc3)Oc3cc4ccc(C(C)CC)cc4cc3C(C)CC)c(C(C)CC)cc2c1. The molecule has 5 aromatic rings. The van der Waals surface area contributed by atoms with Crippen LogP contribution in [0.25, 0.3) is 21.5 Å². The molecule has 5 aromatic carbocycles. The maximum atomic E-state index is 6.85. The van der Waals surface area contributed by atoms with Crippen LogP contribution in [-0.2, 0) is 0 Å². The number of para-hydroxylation sites is 1. The fraction of sp³-hybridized carbons (Fsp3) is 0.381. The van der Waals surface area contributed by atoms with Gasteiger partial charge in [0.15, 0.2) is 0 Å². The summed E-state index contributed by atoms with van der Waals surface area (Å²) >= 11 is 0. The monoisotopic (exact) mass is 634 g/mol. The predicted octanol–water partition coefficient (Wildman–Crippen LogP) is 13.8. The highest BCUT2D eigenvalue weighted by atomic mass is 31.2. The van der Waals surface area contributed by atoms with Crippen molar-refractivity contribution in [3.63, 3.8) is 0 Å². The second-order valence-corrected chi connectivity index (χ2v) is 14.0. The molecule has 0 fully saturated rings. The molecular formula is C42H51O3P. The zero-order valence-corrected chi connectivity index (χ0v) is 29.9. The standard InChI is InChI=1S/C42H51O3P/c1-9-28(5)32-18-20-34-26-41(39(30(7)11-3)24-36(34)22-32)44-46(43-38-16-14-13-15-17-38)45-42-27-35-21-19-33(29(6)10-2)23-37(35)25-40(42)31(8)12-4/h13-31H,9-12H2,1-8H3. The lowest BCUT2D eigenvalue weighted by Crippen LogP contribution is -2.07. The topological polar surface area (TPSA) is 27.7 Å². The Morgan fingerprint density at radius 2 is 0.891 bits per heavy atom. The van der Waals surface area contributed by atoms with Crippen molar-refractivity contribution >= 4 is 30.1 Å². The van der Waals surface area contributed by atoms with Gasteiger partial charge in [0.2, 0.25) is 0 Å². The van der Waals surface area contributed by atoms with Crippen molar-refractivity contribution in [1.29, 1.82) is 0 Å². The van der Waals surface area contributed by atoms with E-state index in [-0.39, 0.29) is 0 Å². The van der Waals surface area contributed by atoms with Crippen molar-refractivity contribution in [2.75, 3.05) is 0 Å². The van der Waals surface area contributed by atoms with Crippen molar-refractivity contribution in [3.8, 4) is 17.2 Å². The Morgan fingerprint density at radius 3 is 1.30 bits per heavy atom. The van der Waals surface area contributed by atoms with Crippen LogP contribution in [0.15, 0.2) is 91.0 Å². The van der Waals surface area contributed by atoms with Gasteiger partial charge in [0.1, 0.15) is 17.2 Å². The Bertz CT molecular complexity index is 1640. The molecule has 0 bridgehead atoms. The first-order valence-electron chi connectivity index (χ1n) is 17.3. The average molecular weight is 635 g/mol. The summed E-state index contributed by atoms with van der Waals surface area (Å²) in [6, 6.07) is 32.5. The number of benzene rings is 5. The van der Waals surface area contributed by atoms with E-state index in [2.05, 4.69) is 116 Å². The van der Waals surface area contributed by atoms with E-state index >= 15 is 0 Å². The third-order valence-corrected chi connectivity index (χ3v) is 11.0. The maximum Gasteiger partial charge on any atom is 0.530 e. The van der Waals surface area contributed by atoms with Gasteiger partial charge in [0.25, 0.3) is 0 Å². The number of rotatable bonds is 14. The molecule has 0 N–H and O–H groups in total. The zero-order chi connectivity index (χ0) is 32.8. The van der Waals surface area contributed by atoms with Gasteiger partial charge in [-0.2, -0.15) is 0 Å². The number of hydrogen-bond acceptors (Lipinski definition) is 3. The summed E-state index contributed by atoms with van der Waals surface area (Å²) < 4.78 is 20.2. The molecule has 0 aliphatic rings. The summed E-state index contributed by atoms with van der Waals surface area (Å²) in [5, 5.41) is 4.82. The molecule has 0 saturated carbocycles. The molecule has 0 amide bonds. The molecule has 0 aliphatic carbocycles. The molecular weight excluding hydrogens is 583 g/mol. The van der Waals surface area contributed by atoms with Gasteiger partial charge in [-0.3, -0.25) is 0 Å². The van der Waals surface area contributed by atoms with E-state index in [1.165, 1.54) is 33.0 Å². The van der Waals surface area contributed by atoms with E-state index in [4.69, 9.17) is 13.6 Å². The van der Waals surface area contributed by atoms with Gasteiger partial charge in [-0.05, 0) is 130 Å². The average Bonchev–Trinajstić information content (AvgIpc) is 3.09. The Hall–Kier alpha value is -3.55. The van der Waals surface area contributed by atoms with Crippen LogP contribution in [0.2, 0.25) is 0 Å². The Kier molecular flexibility index (Phi) is 11.3. The maximum absolute atomic E-state index is 6.85. The highest BCUT2D eigenvalue weighted by Crippen LogP contribution is 2.48. The molecule has 4 atom stereocenters. The van der Waals surface area contributed by atoms with Crippen LogP contribution < -0.4 is 13.6 Å². The van der Waals surface area contributed by atoms with E-state index in [1.54, 1.807) is 0 Å². The first-order chi connectivity index (χ1) is 22.2. The third kappa shape index (κ3) is 7.69. The molecule has 3 nitrogen and oxygen atoms in total. The lowest BCUT2D eigenvalue weighted by molar-refractivity contribution is 0.383. The van der Waals surface area contributed by atoms with Crippen LogP contribution in [0.4, 0.5) is 0 Å². The van der Waals surface area contributed by atoms with Crippen molar-refractivity contribution in [2.45, 2.75) is 105 Å². The molecule has 4 heteroatoms. The highest BCUT2D eigenvalue weighted by Gasteiger charge is 2.26. The van der Waals surface area contributed by atoms with Gasteiger partial charge in [0.05, 0.1) is 0 Å². The molecule has 0 spiro atoms. The molecule has 46 heavy (non-hydrogen) atoms. The summed E-state index contributed by atoms with van der Waals surface area (Å²) in [5.74, 6) is 4.05. The minimum Gasteiger partial charge on any atom is -0.409 e. The smallest absolute Gasteiger partial charge is 0.409 e. The van der Waals surface area contributed by atoms with E-state index < -0.39 is 8.60 Å². The van der Waals surface area contributed by atoms with Gasteiger partial charge >= 0.3 is 8.60 Å². The lowest BCUT2D eigenvalue weighted by atomic mass is 9.92. The van der Waals surface area contributed by atoms with E-state index in [0.717, 1.165) is 53.7 Å². The summed E-state index contributed by atoms with van der Waals surface area (Å²) in [4.78, 5) is 0. The Morgan fingerprint density at radius 1 is 0.457 bits per heavy atom. The lowest BCUT2D eigenvalue weighted by Gasteiger charge is -2.24. The summed E-state index contributed by atoms with van der Waals surface area (Å²) in [7, 11) is -1.83. The molecule has 0 saturated heterocycles. The Balaban J connectivity index is 1.58. The van der Waals surface area contributed by atoms with E-state index in [0.29, 0.717) is 23.7 Å². The normalized spacial score (nSPS) is 14.9. The van der Waals surface area contributed by atoms with E-state index in [1.807, 2.05) is 30.3 Å². The second kappa shape index (κ2) is 15.4. The first kappa shape index (κ1) is 33.8. The van der Waals surface area contributed by atoms with Gasteiger partial charge in [-0.25, -0.2) is 0 Å². The number of fused-ring (bicyclic) bond motifs is 2. The van der Waals surface area contributed by atoms with Crippen LogP contribution in [-0.4, -0.2) is 0 Å². The van der Waals surface area contributed by atoms with Crippen molar-refractivity contribution in [2.24, 2.45) is 0 Å². The van der Waals surface area contributed by atoms with E-state index in [9.17, 15) is 0 Å². The molecule has 0 radical (unpaired) electrons. The fourth-order valence-electron chi connectivity index (χ4n) is 5.86. The molecule has 5 rings (SSSR count). The molecule has 0 aliphatic heterocycles. The van der Waals surface area contributed by atoms with Crippen molar-refractivity contribution in [1.82, 2.24) is 0 Å². The minimum atomic E-state index is -1.83. The largest absolute Gasteiger partial charge is 0.530 e. The van der Waals surface area contributed by atoms with Crippen LogP contribution >= 0.6 is 8.60 Å². The van der Waals surface area contributed by atoms with Gasteiger partial charge in [0, 0.05) is 0 Å². The van der Waals surface area contributed by atoms with Crippen molar-refractivity contribution < 1.29 is 13.6 Å². The van der Waals surface area contributed by atoms with Crippen LogP contribution in [0, 0.1) is 0 Å². The molecule has 242 valence electrons. The van der Waals surface area contributed by atoms with Crippen LogP contribution in [0.5, 0.6) is 17.2 Å². The molecule has 0 aromatic heterocycles. The zero-order valence-electron chi connectivity index (χ0n) is 29.0.